The number of furan rings is 1. The molecule has 0 spiro atoms. The van der Waals surface area contributed by atoms with Crippen LogP contribution in [0, 0.1) is 6.92 Å². The Balaban J connectivity index is 1.95. The SMILES string of the molecule is Cc1ccc(CNC2CC(C)(C)OC2(C)C)o1. The van der Waals surface area contributed by atoms with Crippen LogP contribution in [0.3, 0.4) is 0 Å². The number of aryl methyl sites for hydroxylation is 1. The largest absolute Gasteiger partial charge is 0.465 e. The highest BCUT2D eigenvalue weighted by molar-refractivity contribution is 5.06. The van der Waals surface area contributed by atoms with Gasteiger partial charge in [0.05, 0.1) is 17.7 Å². The second-order valence-corrected chi connectivity index (χ2v) is 6.12. The number of nitrogens with one attached hydrogen (secondary N) is 1. The summed E-state index contributed by atoms with van der Waals surface area (Å²) in [6, 6.07) is 4.39. The normalized spacial score (nSPS) is 26.3. The molecule has 1 unspecified atom stereocenters. The minimum absolute atomic E-state index is 0.0414. The Kier molecular flexibility index (Phi) is 3.08. The molecule has 17 heavy (non-hydrogen) atoms. The maximum absolute atomic E-state index is 6.05. The lowest BCUT2D eigenvalue weighted by molar-refractivity contribution is -0.0699. The summed E-state index contributed by atoms with van der Waals surface area (Å²) in [6.07, 6.45) is 1.03. The van der Waals surface area contributed by atoms with Gasteiger partial charge in [0.2, 0.25) is 0 Å². The molecule has 3 nitrogen and oxygen atoms in total. The molecule has 1 N–H and O–H groups in total. The fraction of sp³-hybridized carbons (Fsp3) is 0.714. The number of hydrogen-bond donors (Lipinski definition) is 1. The van der Waals surface area contributed by atoms with Gasteiger partial charge in [-0.05, 0) is 53.2 Å². The second kappa shape index (κ2) is 4.14. The van der Waals surface area contributed by atoms with E-state index in [1.165, 1.54) is 0 Å². The van der Waals surface area contributed by atoms with Crippen molar-refractivity contribution in [3.8, 4) is 0 Å². The molecule has 1 aromatic heterocycles. The van der Waals surface area contributed by atoms with Gasteiger partial charge in [-0.25, -0.2) is 0 Å². The Labute approximate surface area is 104 Å². The summed E-state index contributed by atoms with van der Waals surface area (Å²) in [5.74, 6) is 1.95. The van der Waals surface area contributed by atoms with Gasteiger partial charge in [-0.2, -0.15) is 0 Å². The smallest absolute Gasteiger partial charge is 0.117 e. The first kappa shape index (κ1) is 12.7. The van der Waals surface area contributed by atoms with Gasteiger partial charge < -0.3 is 14.5 Å². The lowest BCUT2D eigenvalue weighted by Crippen LogP contribution is -2.42. The molecule has 1 atom stereocenters. The topological polar surface area (TPSA) is 34.4 Å². The van der Waals surface area contributed by atoms with Gasteiger partial charge in [0.25, 0.3) is 0 Å². The average molecular weight is 237 g/mol. The van der Waals surface area contributed by atoms with E-state index >= 15 is 0 Å². The van der Waals surface area contributed by atoms with Gasteiger partial charge in [0, 0.05) is 6.04 Å². The maximum Gasteiger partial charge on any atom is 0.117 e. The molecular formula is C14H23NO2. The zero-order valence-electron chi connectivity index (χ0n) is 11.5. The van der Waals surface area contributed by atoms with Gasteiger partial charge in [-0.15, -0.1) is 0 Å². The van der Waals surface area contributed by atoms with E-state index in [9.17, 15) is 0 Å². The molecule has 0 amide bonds. The molecule has 1 aliphatic heterocycles. The first-order chi connectivity index (χ1) is 7.78. The van der Waals surface area contributed by atoms with Crippen LogP contribution in [0.4, 0.5) is 0 Å². The van der Waals surface area contributed by atoms with Crippen molar-refractivity contribution < 1.29 is 9.15 Å². The average Bonchev–Trinajstić information content (AvgIpc) is 2.64. The van der Waals surface area contributed by atoms with Gasteiger partial charge in [-0.1, -0.05) is 0 Å². The van der Waals surface area contributed by atoms with E-state index in [1.807, 2.05) is 19.1 Å². The highest BCUT2D eigenvalue weighted by Crippen LogP contribution is 2.37. The number of rotatable bonds is 3. The highest BCUT2D eigenvalue weighted by atomic mass is 16.5. The molecule has 0 saturated carbocycles. The molecule has 2 rings (SSSR count). The Hall–Kier alpha value is -0.800. The van der Waals surface area contributed by atoms with Gasteiger partial charge in [-0.3, -0.25) is 0 Å². The van der Waals surface area contributed by atoms with Crippen LogP contribution in [0.15, 0.2) is 16.5 Å². The van der Waals surface area contributed by atoms with Crippen LogP contribution in [0.2, 0.25) is 0 Å². The van der Waals surface area contributed by atoms with Crippen molar-refractivity contribution in [3.05, 3.63) is 23.7 Å². The predicted octanol–water partition coefficient (Wildman–Crippen LogP) is 3.02. The fourth-order valence-electron chi connectivity index (χ4n) is 2.68. The lowest BCUT2D eigenvalue weighted by Gasteiger charge is -2.27. The number of ether oxygens (including phenoxy) is 1. The molecule has 1 fully saturated rings. The van der Waals surface area contributed by atoms with Crippen molar-refractivity contribution >= 4 is 0 Å². The Morgan fingerprint density at radius 2 is 2.00 bits per heavy atom. The van der Waals surface area contributed by atoms with E-state index in [0.717, 1.165) is 24.5 Å². The Bertz CT molecular complexity index is 393. The summed E-state index contributed by atoms with van der Waals surface area (Å²) >= 11 is 0. The molecule has 1 saturated heterocycles. The summed E-state index contributed by atoms with van der Waals surface area (Å²) in [5, 5.41) is 3.54. The minimum atomic E-state index is -0.120. The predicted molar refractivity (Wildman–Crippen MR) is 67.9 cm³/mol. The van der Waals surface area contributed by atoms with Crippen molar-refractivity contribution in [1.82, 2.24) is 5.32 Å². The van der Waals surface area contributed by atoms with Crippen molar-refractivity contribution in [1.29, 1.82) is 0 Å². The van der Waals surface area contributed by atoms with Crippen LogP contribution in [0.1, 0.15) is 45.6 Å². The summed E-state index contributed by atoms with van der Waals surface area (Å²) in [5.41, 5.74) is -0.161. The van der Waals surface area contributed by atoms with E-state index in [4.69, 9.17) is 9.15 Å². The van der Waals surface area contributed by atoms with Crippen LogP contribution in [-0.4, -0.2) is 17.2 Å². The summed E-state index contributed by atoms with van der Waals surface area (Å²) in [6.45, 7) is 11.3. The maximum atomic E-state index is 6.05. The van der Waals surface area contributed by atoms with Gasteiger partial charge >= 0.3 is 0 Å². The van der Waals surface area contributed by atoms with Crippen molar-refractivity contribution in [3.63, 3.8) is 0 Å². The lowest BCUT2D eigenvalue weighted by atomic mass is 9.94. The minimum Gasteiger partial charge on any atom is -0.465 e. The molecule has 0 radical (unpaired) electrons. The molecule has 96 valence electrons. The zero-order valence-corrected chi connectivity index (χ0v) is 11.5. The van der Waals surface area contributed by atoms with Crippen LogP contribution in [0.25, 0.3) is 0 Å². The van der Waals surface area contributed by atoms with E-state index in [1.54, 1.807) is 0 Å². The van der Waals surface area contributed by atoms with Crippen LogP contribution in [-0.2, 0) is 11.3 Å². The third-order valence-electron chi connectivity index (χ3n) is 3.39. The molecule has 1 aliphatic rings. The highest BCUT2D eigenvalue weighted by Gasteiger charge is 2.45. The van der Waals surface area contributed by atoms with Gasteiger partial charge in [0.1, 0.15) is 11.5 Å². The standard InChI is InChI=1S/C14H23NO2/c1-10-6-7-11(16-10)9-15-12-8-13(2,3)17-14(12,4)5/h6-7,12,15H,8-9H2,1-5H3. The van der Waals surface area contributed by atoms with Gasteiger partial charge in [0.15, 0.2) is 0 Å². The number of hydrogen-bond acceptors (Lipinski definition) is 3. The zero-order chi connectivity index (χ0) is 12.7. The molecular weight excluding hydrogens is 214 g/mol. The van der Waals surface area contributed by atoms with E-state index in [0.29, 0.717) is 6.04 Å². The second-order valence-electron chi connectivity index (χ2n) is 6.12. The first-order valence-corrected chi connectivity index (χ1v) is 6.27. The van der Waals surface area contributed by atoms with Crippen molar-refractivity contribution in [2.75, 3.05) is 0 Å². The van der Waals surface area contributed by atoms with E-state index in [-0.39, 0.29) is 11.2 Å². The van der Waals surface area contributed by atoms with Crippen LogP contribution in [0.5, 0.6) is 0 Å². The molecule has 0 bridgehead atoms. The van der Waals surface area contributed by atoms with Crippen LogP contribution < -0.4 is 5.32 Å². The summed E-state index contributed by atoms with van der Waals surface area (Å²) in [7, 11) is 0. The summed E-state index contributed by atoms with van der Waals surface area (Å²) in [4.78, 5) is 0. The molecule has 0 aliphatic carbocycles. The van der Waals surface area contributed by atoms with E-state index in [2.05, 4.69) is 33.0 Å². The molecule has 0 aromatic carbocycles. The van der Waals surface area contributed by atoms with E-state index < -0.39 is 0 Å². The molecule has 3 heteroatoms. The quantitative estimate of drug-likeness (QED) is 0.877. The molecule has 1 aromatic rings. The summed E-state index contributed by atoms with van der Waals surface area (Å²) < 4.78 is 11.6. The first-order valence-electron chi connectivity index (χ1n) is 6.27. The Morgan fingerprint density at radius 3 is 2.47 bits per heavy atom. The molecule has 2 heterocycles. The third kappa shape index (κ3) is 2.90. The van der Waals surface area contributed by atoms with Crippen LogP contribution >= 0.6 is 0 Å². The third-order valence-corrected chi connectivity index (χ3v) is 3.39. The van der Waals surface area contributed by atoms with Crippen molar-refractivity contribution in [2.45, 2.75) is 64.8 Å². The fourth-order valence-corrected chi connectivity index (χ4v) is 2.68. The monoisotopic (exact) mass is 237 g/mol. The van der Waals surface area contributed by atoms with Crippen molar-refractivity contribution in [2.24, 2.45) is 0 Å². The Morgan fingerprint density at radius 1 is 1.29 bits per heavy atom.